The molecule has 0 fully saturated rings. The molecule has 1 nitrogen and oxygen atoms in total. The summed E-state index contributed by atoms with van der Waals surface area (Å²) in [7, 11) is 0. The maximum absolute atomic E-state index is 2.53. The fraction of sp³-hybridized carbons (Fsp3) is 0.0435. The van der Waals surface area contributed by atoms with Crippen LogP contribution in [0.3, 0.4) is 0 Å². The van der Waals surface area contributed by atoms with Gasteiger partial charge in [-0.25, -0.2) is 0 Å². The van der Waals surface area contributed by atoms with Crippen molar-refractivity contribution in [2.45, 2.75) is 17.8 Å². The maximum atomic E-state index is 2.53. The average molecular weight is 892 g/mol. The van der Waals surface area contributed by atoms with E-state index in [1.54, 1.807) is 0 Å². The Labute approximate surface area is 411 Å². The highest BCUT2D eigenvalue weighted by molar-refractivity contribution is 5.97. The van der Waals surface area contributed by atoms with Crippen molar-refractivity contribution in [3.63, 3.8) is 0 Å². The second kappa shape index (κ2) is 16.8. The molecule has 0 aromatic heterocycles. The SMILES string of the molecule is CC1(c2ccccc2)c2cc(N(c3ccc4c(c3)C(c3ccccc3)(c3ccccc3)c3ccccc3-4)c3ccccc3-c3ccc(-c4ccccc4)cc3)ccc2-c2c(-c3ccccc3)cccc21. The van der Waals surface area contributed by atoms with E-state index in [1.807, 2.05) is 0 Å². The first kappa shape index (κ1) is 41.4. The van der Waals surface area contributed by atoms with Crippen molar-refractivity contribution in [1.82, 2.24) is 0 Å². The number of para-hydroxylation sites is 1. The lowest BCUT2D eigenvalue weighted by Crippen LogP contribution is -2.28. The molecular formula is C69H49N. The molecule has 13 rings (SSSR count). The third kappa shape index (κ3) is 6.39. The molecule has 2 aliphatic rings. The molecule has 0 amide bonds. The molecule has 0 heterocycles. The zero-order valence-corrected chi connectivity index (χ0v) is 39.0. The van der Waals surface area contributed by atoms with Crippen molar-refractivity contribution < 1.29 is 0 Å². The van der Waals surface area contributed by atoms with Crippen LogP contribution in [0.1, 0.15) is 45.9 Å². The predicted molar refractivity (Wildman–Crippen MR) is 292 cm³/mol. The van der Waals surface area contributed by atoms with Crippen LogP contribution >= 0.6 is 0 Å². The van der Waals surface area contributed by atoms with Crippen LogP contribution in [0.4, 0.5) is 17.1 Å². The lowest BCUT2D eigenvalue weighted by Gasteiger charge is -2.35. The molecule has 0 bridgehead atoms. The van der Waals surface area contributed by atoms with Crippen molar-refractivity contribution in [3.8, 4) is 55.6 Å². The van der Waals surface area contributed by atoms with Crippen molar-refractivity contribution in [2.24, 2.45) is 0 Å². The Balaban J connectivity index is 1.07. The van der Waals surface area contributed by atoms with Gasteiger partial charge >= 0.3 is 0 Å². The summed E-state index contributed by atoms with van der Waals surface area (Å²) in [5.74, 6) is 0. The second-order valence-electron chi connectivity index (χ2n) is 18.9. The van der Waals surface area contributed by atoms with Gasteiger partial charge in [0.15, 0.2) is 0 Å². The number of benzene rings is 11. The summed E-state index contributed by atoms with van der Waals surface area (Å²) in [6.45, 7) is 2.43. The zero-order chi connectivity index (χ0) is 46.7. The number of rotatable bonds is 9. The van der Waals surface area contributed by atoms with E-state index in [4.69, 9.17) is 0 Å². The summed E-state index contributed by atoms with van der Waals surface area (Å²) < 4.78 is 0. The molecule has 11 aromatic carbocycles. The smallest absolute Gasteiger partial charge is 0.0714 e. The van der Waals surface area contributed by atoms with E-state index >= 15 is 0 Å². The molecule has 0 spiro atoms. The molecule has 0 saturated heterocycles. The Morgan fingerprint density at radius 1 is 0.271 bits per heavy atom. The van der Waals surface area contributed by atoms with Gasteiger partial charge in [-0.1, -0.05) is 249 Å². The number of nitrogens with zero attached hydrogens (tertiary/aromatic N) is 1. The fourth-order valence-corrected chi connectivity index (χ4v) is 12.0. The van der Waals surface area contributed by atoms with Gasteiger partial charge in [-0.2, -0.15) is 0 Å². The maximum Gasteiger partial charge on any atom is 0.0714 e. The molecule has 1 heteroatoms. The number of fused-ring (bicyclic) bond motifs is 6. The molecule has 330 valence electrons. The summed E-state index contributed by atoms with van der Waals surface area (Å²) in [6.07, 6.45) is 0. The summed E-state index contributed by atoms with van der Waals surface area (Å²) in [6, 6.07) is 103. The fourth-order valence-electron chi connectivity index (χ4n) is 12.0. The normalized spacial score (nSPS) is 14.8. The molecule has 1 atom stereocenters. The first-order chi connectivity index (χ1) is 34.6. The van der Waals surface area contributed by atoms with E-state index in [0.717, 1.165) is 28.2 Å². The molecule has 0 saturated carbocycles. The third-order valence-corrected chi connectivity index (χ3v) is 15.3. The van der Waals surface area contributed by atoms with Crippen LogP contribution in [0.15, 0.2) is 279 Å². The molecule has 0 N–H and O–H groups in total. The Hall–Kier alpha value is -8.78. The van der Waals surface area contributed by atoms with Gasteiger partial charge in [0.05, 0.1) is 11.1 Å². The monoisotopic (exact) mass is 891 g/mol. The summed E-state index contributed by atoms with van der Waals surface area (Å²) in [4.78, 5) is 2.53. The molecule has 2 aliphatic carbocycles. The van der Waals surface area contributed by atoms with Crippen LogP contribution in [0.2, 0.25) is 0 Å². The van der Waals surface area contributed by atoms with Crippen molar-refractivity contribution >= 4 is 17.1 Å². The van der Waals surface area contributed by atoms with Crippen LogP contribution in [0.25, 0.3) is 55.6 Å². The van der Waals surface area contributed by atoms with Crippen molar-refractivity contribution in [3.05, 3.63) is 318 Å². The predicted octanol–water partition coefficient (Wildman–Crippen LogP) is 17.9. The van der Waals surface area contributed by atoms with Gasteiger partial charge in [-0.15, -0.1) is 0 Å². The standard InChI is InChI=1S/C69H49N/c1-68(52-26-11-4-12-27-52)63-36-21-34-58(50-24-9-3-10-25-50)67(63)61-45-43-55(46-64(61)68)70(66-37-20-18-32-57(66)51-40-38-49(39-41-51)48-22-7-2-8-23-48)56-42-44-60-59-33-17-19-35-62(59)69(65(60)47-56,53-28-13-5-14-29-53)54-30-15-6-16-31-54/h2-47H,1H3. The minimum Gasteiger partial charge on any atom is -0.310 e. The van der Waals surface area contributed by atoms with Crippen LogP contribution < -0.4 is 4.90 Å². The van der Waals surface area contributed by atoms with E-state index in [1.165, 1.54) is 83.5 Å². The first-order valence-electron chi connectivity index (χ1n) is 24.4. The lowest BCUT2D eigenvalue weighted by molar-refractivity contribution is 0.714. The highest BCUT2D eigenvalue weighted by atomic mass is 15.1. The topological polar surface area (TPSA) is 3.24 Å². The highest BCUT2D eigenvalue weighted by Crippen LogP contribution is 2.59. The van der Waals surface area contributed by atoms with E-state index in [2.05, 4.69) is 291 Å². The Morgan fingerprint density at radius 2 is 0.700 bits per heavy atom. The number of hydrogen-bond donors (Lipinski definition) is 0. The van der Waals surface area contributed by atoms with Crippen LogP contribution in [-0.2, 0) is 10.8 Å². The number of hydrogen-bond acceptors (Lipinski definition) is 1. The van der Waals surface area contributed by atoms with Gasteiger partial charge in [-0.05, 0) is 126 Å². The first-order valence-corrected chi connectivity index (χ1v) is 24.4. The van der Waals surface area contributed by atoms with E-state index in [9.17, 15) is 0 Å². The van der Waals surface area contributed by atoms with Crippen LogP contribution in [-0.4, -0.2) is 0 Å². The number of anilines is 3. The van der Waals surface area contributed by atoms with Gasteiger partial charge in [0, 0.05) is 22.4 Å². The quantitative estimate of drug-likeness (QED) is 0.140. The molecular weight excluding hydrogens is 843 g/mol. The minimum atomic E-state index is -0.553. The van der Waals surface area contributed by atoms with Crippen LogP contribution in [0.5, 0.6) is 0 Å². The molecule has 70 heavy (non-hydrogen) atoms. The van der Waals surface area contributed by atoms with E-state index < -0.39 is 10.8 Å². The van der Waals surface area contributed by atoms with Crippen LogP contribution in [0, 0.1) is 0 Å². The van der Waals surface area contributed by atoms with E-state index in [0.29, 0.717) is 0 Å². The van der Waals surface area contributed by atoms with Gasteiger partial charge < -0.3 is 4.90 Å². The van der Waals surface area contributed by atoms with Crippen molar-refractivity contribution in [2.75, 3.05) is 4.90 Å². The summed E-state index contributed by atoms with van der Waals surface area (Å²) in [5, 5.41) is 0. The molecule has 0 aliphatic heterocycles. The van der Waals surface area contributed by atoms with Gasteiger partial charge in [0.2, 0.25) is 0 Å². The highest BCUT2D eigenvalue weighted by Gasteiger charge is 2.47. The Kier molecular flexibility index (Phi) is 9.92. The summed E-state index contributed by atoms with van der Waals surface area (Å²) >= 11 is 0. The largest absolute Gasteiger partial charge is 0.310 e. The third-order valence-electron chi connectivity index (χ3n) is 15.3. The van der Waals surface area contributed by atoms with Gasteiger partial charge in [-0.3, -0.25) is 0 Å². The summed E-state index contributed by atoms with van der Waals surface area (Å²) in [5.41, 5.74) is 23.6. The van der Waals surface area contributed by atoms with Gasteiger partial charge in [0.25, 0.3) is 0 Å². The van der Waals surface area contributed by atoms with E-state index in [-0.39, 0.29) is 0 Å². The molecule has 0 radical (unpaired) electrons. The minimum absolute atomic E-state index is 0.430. The lowest BCUT2D eigenvalue weighted by atomic mass is 9.67. The zero-order valence-electron chi connectivity index (χ0n) is 39.0. The van der Waals surface area contributed by atoms with Crippen molar-refractivity contribution in [1.29, 1.82) is 0 Å². The molecule has 11 aromatic rings. The second-order valence-corrected chi connectivity index (χ2v) is 18.9. The Bertz CT molecular complexity index is 3650. The Morgan fingerprint density at radius 3 is 1.34 bits per heavy atom. The average Bonchev–Trinajstić information content (AvgIpc) is 3.89. The molecule has 1 unspecified atom stereocenters. The van der Waals surface area contributed by atoms with Gasteiger partial charge in [0.1, 0.15) is 0 Å².